The van der Waals surface area contributed by atoms with Crippen molar-refractivity contribution in [1.29, 1.82) is 0 Å². The Labute approximate surface area is 108 Å². The SMILES string of the molecule is CC(C)OC(=O)c1ccc2c(c1)CCNC2.Cl. The Morgan fingerprint density at radius 1 is 1.35 bits per heavy atom. The number of esters is 1. The average molecular weight is 256 g/mol. The van der Waals surface area contributed by atoms with E-state index in [1.165, 1.54) is 11.1 Å². The number of fused-ring (bicyclic) bond motifs is 1. The van der Waals surface area contributed by atoms with Gasteiger partial charge in [-0.05, 0) is 50.1 Å². The molecule has 94 valence electrons. The molecule has 1 aromatic carbocycles. The van der Waals surface area contributed by atoms with Gasteiger partial charge in [0.15, 0.2) is 0 Å². The molecule has 0 aliphatic carbocycles. The molecule has 0 unspecified atom stereocenters. The lowest BCUT2D eigenvalue weighted by Gasteiger charge is -2.17. The lowest BCUT2D eigenvalue weighted by atomic mass is 9.98. The number of ether oxygens (including phenoxy) is 1. The van der Waals surface area contributed by atoms with Crippen LogP contribution in [0.15, 0.2) is 18.2 Å². The van der Waals surface area contributed by atoms with E-state index in [9.17, 15) is 4.79 Å². The molecule has 0 aromatic heterocycles. The minimum atomic E-state index is -0.226. The van der Waals surface area contributed by atoms with Crippen LogP contribution >= 0.6 is 12.4 Å². The maximum absolute atomic E-state index is 11.7. The van der Waals surface area contributed by atoms with Gasteiger partial charge in [-0.1, -0.05) is 6.07 Å². The normalized spacial score (nSPS) is 13.8. The molecule has 0 spiro atoms. The third-order valence-corrected chi connectivity index (χ3v) is 2.67. The van der Waals surface area contributed by atoms with Crippen LogP contribution in [0, 0.1) is 0 Å². The second kappa shape index (κ2) is 6.03. The number of hydrogen-bond acceptors (Lipinski definition) is 3. The third-order valence-electron chi connectivity index (χ3n) is 2.67. The summed E-state index contributed by atoms with van der Waals surface area (Å²) in [6.07, 6.45) is 0.920. The molecule has 1 aliphatic heterocycles. The highest BCUT2D eigenvalue weighted by Crippen LogP contribution is 2.16. The first-order valence-electron chi connectivity index (χ1n) is 5.70. The summed E-state index contributed by atoms with van der Waals surface area (Å²) in [5.41, 5.74) is 3.21. The van der Waals surface area contributed by atoms with Crippen LogP contribution < -0.4 is 5.32 Å². The summed E-state index contributed by atoms with van der Waals surface area (Å²) in [7, 11) is 0. The summed E-state index contributed by atoms with van der Waals surface area (Å²) in [6, 6.07) is 5.82. The molecule has 1 aromatic rings. The Morgan fingerprint density at radius 3 is 2.82 bits per heavy atom. The van der Waals surface area contributed by atoms with Crippen LogP contribution in [0.25, 0.3) is 0 Å². The van der Waals surface area contributed by atoms with Gasteiger partial charge >= 0.3 is 5.97 Å². The van der Waals surface area contributed by atoms with Gasteiger partial charge in [-0.25, -0.2) is 4.79 Å². The number of rotatable bonds is 2. The molecule has 2 rings (SSSR count). The summed E-state index contributed by atoms with van der Waals surface area (Å²) in [5.74, 6) is -0.226. The minimum absolute atomic E-state index is 0. The van der Waals surface area contributed by atoms with Gasteiger partial charge in [0, 0.05) is 6.54 Å². The smallest absolute Gasteiger partial charge is 0.338 e. The molecule has 0 atom stereocenters. The van der Waals surface area contributed by atoms with E-state index in [4.69, 9.17) is 4.74 Å². The molecule has 1 heterocycles. The molecule has 3 nitrogen and oxygen atoms in total. The minimum Gasteiger partial charge on any atom is -0.459 e. The van der Waals surface area contributed by atoms with Gasteiger partial charge in [-0.15, -0.1) is 12.4 Å². The first kappa shape index (κ1) is 14.0. The van der Waals surface area contributed by atoms with Gasteiger partial charge in [-0.2, -0.15) is 0 Å². The van der Waals surface area contributed by atoms with Crippen molar-refractivity contribution in [2.24, 2.45) is 0 Å². The van der Waals surface area contributed by atoms with Crippen LogP contribution in [-0.4, -0.2) is 18.6 Å². The van der Waals surface area contributed by atoms with Crippen molar-refractivity contribution in [1.82, 2.24) is 5.32 Å². The summed E-state index contributed by atoms with van der Waals surface area (Å²) in [4.78, 5) is 11.7. The highest BCUT2D eigenvalue weighted by atomic mass is 35.5. The zero-order valence-electron chi connectivity index (χ0n) is 10.2. The van der Waals surface area contributed by atoms with Gasteiger partial charge in [0.05, 0.1) is 11.7 Å². The molecule has 0 amide bonds. The van der Waals surface area contributed by atoms with E-state index < -0.39 is 0 Å². The lowest BCUT2D eigenvalue weighted by Crippen LogP contribution is -2.24. The Hall–Kier alpha value is -1.06. The molecule has 0 radical (unpaired) electrons. The van der Waals surface area contributed by atoms with Crippen molar-refractivity contribution in [2.45, 2.75) is 32.9 Å². The topological polar surface area (TPSA) is 38.3 Å². The van der Waals surface area contributed by atoms with Gasteiger partial charge in [-0.3, -0.25) is 0 Å². The maximum atomic E-state index is 11.7. The van der Waals surface area contributed by atoms with E-state index in [0.717, 1.165) is 19.5 Å². The van der Waals surface area contributed by atoms with Crippen molar-refractivity contribution in [3.63, 3.8) is 0 Å². The van der Waals surface area contributed by atoms with Crippen molar-refractivity contribution in [3.05, 3.63) is 34.9 Å². The van der Waals surface area contributed by atoms with Crippen molar-refractivity contribution in [2.75, 3.05) is 6.54 Å². The van der Waals surface area contributed by atoms with E-state index in [1.807, 2.05) is 32.0 Å². The van der Waals surface area contributed by atoms with Crippen LogP contribution in [0.2, 0.25) is 0 Å². The van der Waals surface area contributed by atoms with Crippen LogP contribution in [-0.2, 0) is 17.7 Å². The van der Waals surface area contributed by atoms with Crippen LogP contribution in [0.5, 0.6) is 0 Å². The number of benzene rings is 1. The molecule has 0 fully saturated rings. The Morgan fingerprint density at radius 2 is 2.12 bits per heavy atom. The lowest BCUT2D eigenvalue weighted by molar-refractivity contribution is 0.0377. The zero-order chi connectivity index (χ0) is 11.5. The van der Waals surface area contributed by atoms with Crippen LogP contribution in [0.1, 0.15) is 35.3 Å². The molecular weight excluding hydrogens is 238 g/mol. The second-order valence-corrected chi connectivity index (χ2v) is 4.36. The Balaban J connectivity index is 0.00000144. The number of hydrogen-bond donors (Lipinski definition) is 1. The van der Waals surface area contributed by atoms with Gasteiger partial charge in [0.1, 0.15) is 0 Å². The van der Waals surface area contributed by atoms with Crippen LogP contribution in [0.4, 0.5) is 0 Å². The molecule has 4 heteroatoms. The van der Waals surface area contributed by atoms with Crippen molar-refractivity contribution >= 4 is 18.4 Å². The summed E-state index contributed by atoms with van der Waals surface area (Å²) >= 11 is 0. The van der Waals surface area contributed by atoms with E-state index >= 15 is 0 Å². The molecule has 0 saturated carbocycles. The standard InChI is InChI=1S/C13H17NO2.ClH/c1-9(2)16-13(15)11-3-4-12-8-14-6-5-10(12)7-11;/h3-4,7,9,14H,5-6,8H2,1-2H3;1H. The van der Waals surface area contributed by atoms with E-state index in [0.29, 0.717) is 5.56 Å². The number of nitrogens with one attached hydrogen (secondary N) is 1. The Kier molecular flexibility index (Phi) is 4.97. The largest absolute Gasteiger partial charge is 0.459 e. The monoisotopic (exact) mass is 255 g/mol. The van der Waals surface area contributed by atoms with Gasteiger partial charge in [0.25, 0.3) is 0 Å². The number of halogens is 1. The summed E-state index contributed by atoms with van der Waals surface area (Å²) in [5, 5.41) is 3.31. The number of carbonyl (C=O) groups is 1. The van der Waals surface area contributed by atoms with Crippen molar-refractivity contribution < 1.29 is 9.53 Å². The zero-order valence-corrected chi connectivity index (χ0v) is 11.0. The fraction of sp³-hybridized carbons (Fsp3) is 0.462. The summed E-state index contributed by atoms with van der Waals surface area (Å²) in [6.45, 7) is 5.60. The highest BCUT2D eigenvalue weighted by molar-refractivity contribution is 5.89. The molecule has 0 bridgehead atoms. The fourth-order valence-electron chi connectivity index (χ4n) is 1.89. The van der Waals surface area contributed by atoms with Crippen molar-refractivity contribution in [3.8, 4) is 0 Å². The quantitative estimate of drug-likeness (QED) is 0.825. The molecule has 1 aliphatic rings. The van der Waals surface area contributed by atoms with E-state index in [1.54, 1.807) is 0 Å². The van der Waals surface area contributed by atoms with E-state index in [2.05, 4.69) is 5.32 Å². The highest BCUT2D eigenvalue weighted by Gasteiger charge is 2.13. The van der Waals surface area contributed by atoms with Crippen LogP contribution in [0.3, 0.4) is 0 Å². The molecule has 1 N–H and O–H groups in total. The van der Waals surface area contributed by atoms with Gasteiger partial charge in [0.2, 0.25) is 0 Å². The predicted molar refractivity (Wildman–Crippen MR) is 69.7 cm³/mol. The second-order valence-electron chi connectivity index (χ2n) is 4.36. The first-order valence-corrected chi connectivity index (χ1v) is 5.70. The average Bonchev–Trinajstić information content (AvgIpc) is 2.27. The Bertz CT molecular complexity index is 404. The third kappa shape index (κ3) is 3.45. The fourth-order valence-corrected chi connectivity index (χ4v) is 1.89. The predicted octanol–water partition coefficient (Wildman–Crippen LogP) is 2.32. The van der Waals surface area contributed by atoms with E-state index in [-0.39, 0.29) is 24.5 Å². The molecule has 0 saturated heterocycles. The molecular formula is C13H18ClNO2. The maximum Gasteiger partial charge on any atom is 0.338 e. The van der Waals surface area contributed by atoms with Gasteiger partial charge < -0.3 is 10.1 Å². The number of carbonyl (C=O) groups excluding carboxylic acids is 1. The summed E-state index contributed by atoms with van der Waals surface area (Å²) < 4.78 is 5.17. The first-order chi connectivity index (χ1) is 7.66. The molecule has 17 heavy (non-hydrogen) atoms.